The minimum atomic E-state index is -0.666. The maximum absolute atomic E-state index is 14.8. The van der Waals surface area contributed by atoms with E-state index >= 15 is 0 Å². The number of aromatic nitrogens is 2. The number of hydrogen-bond acceptors (Lipinski definition) is 4. The Labute approximate surface area is 158 Å². The lowest BCUT2D eigenvalue weighted by atomic mass is 10.1. The number of terminal acetylenes is 1. The number of fused-ring (bicyclic) bond motifs is 2. The molecule has 0 N–H and O–H groups in total. The third kappa shape index (κ3) is 2.80. The van der Waals surface area contributed by atoms with E-state index in [0.29, 0.717) is 32.0 Å². The summed E-state index contributed by atoms with van der Waals surface area (Å²) < 4.78 is 28.5. The van der Waals surface area contributed by atoms with Crippen molar-refractivity contribution in [3.05, 3.63) is 33.5 Å². The zero-order valence-electron chi connectivity index (χ0n) is 14.2. The number of halogens is 2. The molecular formula is C18H15ClFN3O4. The van der Waals surface area contributed by atoms with Crippen molar-refractivity contribution in [1.29, 1.82) is 0 Å². The van der Waals surface area contributed by atoms with Gasteiger partial charge in [-0.05, 0) is 6.07 Å². The van der Waals surface area contributed by atoms with Crippen LogP contribution in [0.2, 0.25) is 5.15 Å². The fourth-order valence-electron chi connectivity index (χ4n) is 3.31. The van der Waals surface area contributed by atoms with Gasteiger partial charge in [-0.25, -0.2) is 9.07 Å². The molecule has 140 valence electrons. The van der Waals surface area contributed by atoms with Crippen molar-refractivity contribution in [1.82, 2.24) is 9.36 Å². The van der Waals surface area contributed by atoms with Crippen LogP contribution in [-0.2, 0) is 22.6 Å². The monoisotopic (exact) mass is 391 g/mol. The lowest BCUT2D eigenvalue weighted by Gasteiger charge is -2.28. The minimum Gasteiger partial charge on any atom is -0.481 e. The largest absolute Gasteiger partial charge is 0.481 e. The summed E-state index contributed by atoms with van der Waals surface area (Å²) in [6, 6.07) is 2.53. The van der Waals surface area contributed by atoms with E-state index < -0.39 is 11.4 Å². The van der Waals surface area contributed by atoms with Crippen LogP contribution in [0.15, 0.2) is 16.9 Å². The highest BCUT2D eigenvalue weighted by molar-refractivity contribution is 6.32. The van der Waals surface area contributed by atoms with Gasteiger partial charge in [-0.15, -0.1) is 6.42 Å². The number of anilines is 1. The van der Waals surface area contributed by atoms with Gasteiger partial charge in [0.15, 0.2) is 6.61 Å². The third-order valence-corrected chi connectivity index (χ3v) is 4.96. The first-order chi connectivity index (χ1) is 13.0. The van der Waals surface area contributed by atoms with Crippen LogP contribution in [0.5, 0.6) is 5.75 Å². The molecule has 0 bridgehead atoms. The molecule has 0 spiro atoms. The molecule has 3 heterocycles. The molecule has 1 amide bonds. The minimum absolute atomic E-state index is 0.00179. The van der Waals surface area contributed by atoms with Crippen LogP contribution in [0.4, 0.5) is 10.1 Å². The molecule has 0 unspecified atom stereocenters. The van der Waals surface area contributed by atoms with Gasteiger partial charge >= 0.3 is 0 Å². The normalized spacial score (nSPS) is 16.2. The Morgan fingerprint density at radius 3 is 2.70 bits per heavy atom. The van der Waals surface area contributed by atoms with E-state index in [1.54, 1.807) is 4.68 Å². The maximum Gasteiger partial charge on any atom is 0.276 e. The van der Waals surface area contributed by atoms with Crippen molar-refractivity contribution < 1.29 is 18.7 Å². The molecule has 4 rings (SSSR count). The van der Waals surface area contributed by atoms with E-state index in [2.05, 4.69) is 5.92 Å². The molecule has 0 saturated heterocycles. The van der Waals surface area contributed by atoms with E-state index in [-0.39, 0.29) is 41.1 Å². The van der Waals surface area contributed by atoms with Crippen molar-refractivity contribution >= 4 is 23.2 Å². The Balaban J connectivity index is 1.91. The summed E-state index contributed by atoms with van der Waals surface area (Å²) in [4.78, 5) is 26.3. The van der Waals surface area contributed by atoms with Gasteiger partial charge in [0.2, 0.25) is 0 Å². The Morgan fingerprint density at radius 1 is 1.22 bits per heavy atom. The average molecular weight is 392 g/mol. The molecule has 0 saturated carbocycles. The fourth-order valence-corrected chi connectivity index (χ4v) is 3.67. The van der Waals surface area contributed by atoms with E-state index in [0.717, 1.165) is 6.07 Å². The van der Waals surface area contributed by atoms with Crippen LogP contribution in [0, 0.1) is 18.2 Å². The van der Waals surface area contributed by atoms with Crippen molar-refractivity contribution in [3.63, 3.8) is 0 Å². The Hall–Kier alpha value is -2.76. The van der Waals surface area contributed by atoms with Gasteiger partial charge in [0.25, 0.3) is 11.5 Å². The van der Waals surface area contributed by atoms with Crippen molar-refractivity contribution in [2.45, 2.75) is 13.1 Å². The van der Waals surface area contributed by atoms with Crippen LogP contribution in [0.25, 0.3) is 11.1 Å². The number of amides is 1. The highest BCUT2D eigenvalue weighted by Crippen LogP contribution is 2.39. The molecule has 0 fully saturated rings. The van der Waals surface area contributed by atoms with Gasteiger partial charge < -0.3 is 9.47 Å². The van der Waals surface area contributed by atoms with E-state index in [1.807, 2.05) is 0 Å². The molecule has 9 heteroatoms. The molecule has 1 aromatic carbocycles. The van der Waals surface area contributed by atoms with Crippen molar-refractivity contribution in [2.75, 3.05) is 31.3 Å². The topological polar surface area (TPSA) is 65.7 Å². The summed E-state index contributed by atoms with van der Waals surface area (Å²) in [6.45, 7) is 1.25. The summed E-state index contributed by atoms with van der Waals surface area (Å²) in [5, 5.41) is 0.121. The van der Waals surface area contributed by atoms with Crippen LogP contribution >= 0.6 is 11.6 Å². The predicted octanol–water partition coefficient (Wildman–Crippen LogP) is 1.50. The molecule has 27 heavy (non-hydrogen) atoms. The molecule has 0 aliphatic carbocycles. The molecular weight excluding hydrogens is 377 g/mol. The summed E-state index contributed by atoms with van der Waals surface area (Å²) in [5.41, 5.74) is -0.0719. The zero-order valence-corrected chi connectivity index (χ0v) is 15.0. The summed E-state index contributed by atoms with van der Waals surface area (Å²) >= 11 is 6.41. The van der Waals surface area contributed by atoms with Gasteiger partial charge in [0.1, 0.15) is 16.7 Å². The molecule has 0 atom stereocenters. The molecule has 2 aromatic rings. The fraction of sp³-hybridized carbons (Fsp3) is 0.333. The second-order valence-corrected chi connectivity index (χ2v) is 6.46. The highest BCUT2D eigenvalue weighted by atomic mass is 35.5. The molecule has 0 radical (unpaired) electrons. The Bertz CT molecular complexity index is 1040. The summed E-state index contributed by atoms with van der Waals surface area (Å²) in [6.07, 6.45) is 5.34. The van der Waals surface area contributed by atoms with Crippen LogP contribution in [-0.4, -0.2) is 41.6 Å². The van der Waals surface area contributed by atoms with Gasteiger partial charge in [0.05, 0.1) is 44.1 Å². The molecule has 7 nitrogen and oxygen atoms in total. The second-order valence-electron chi connectivity index (χ2n) is 6.10. The zero-order chi connectivity index (χ0) is 19.1. The van der Waals surface area contributed by atoms with Gasteiger partial charge in [-0.3, -0.25) is 19.2 Å². The Morgan fingerprint density at radius 2 is 1.96 bits per heavy atom. The average Bonchev–Trinajstić information content (AvgIpc) is 2.83. The molecule has 2 aliphatic heterocycles. The third-order valence-electron chi connectivity index (χ3n) is 4.58. The lowest BCUT2D eigenvalue weighted by molar-refractivity contribution is -0.121. The maximum atomic E-state index is 14.8. The van der Waals surface area contributed by atoms with Gasteiger partial charge in [0, 0.05) is 11.6 Å². The number of hydrogen-bond donors (Lipinski definition) is 0. The number of carbonyl (C=O) groups is 1. The van der Waals surface area contributed by atoms with Crippen LogP contribution in [0.1, 0.15) is 0 Å². The van der Waals surface area contributed by atoms with Gasteiger partial charge in [-0.1, -0.05) is 17.5 Å². The standard InChI is InChI=1S/C18H15ClFN3O4/c1-2-3-21-13-8-11(12(20)9-14(13)27-10-15(21)24)16-17(19)22-4-6-26-7-5-23(22)18(16)25/h1,8-9H,3-7,10H2. The van der Waals surface area contributed by atoms with E-state index in [9.17, 15) is 14.0 Å². The van der Waals surface area contributed by atoms with Crippen molar-refractivity contribution in [3.8, 4) is 29.2 Å². The SMILES string of the molecule is C#CCN1C(=O)COc2cc(F)c(-c3c(Cl)n4n(c3=O)CCOCC4)cc21. The summed E-state index contributed by atoms with van der Waals surface area (Å²) in [7, 11) is 0. The number of carbonyl (C=O) groups excluding carboxylic acids is 1. The van der Waals surface area contributed by atoms with Gasteiger partial charge in [-0.2, -0.15) is 0 Å². The first-order valence-electron chi connectivity index (χ1n) is 8.30. The Kier molecular flexibility index (Phi) is 4.42. The number of ether oxygens (including phenoxy) is 2. The predicted molar refractivity (Wildman–Crippen MR) is 96.6 cm³/mol. The van der Waals surface area contributed by atoms with Crippen LogP contribution in [0.3, 0.4) is 0 Å². The quantitative estimate of drug-likeness (QED) is 0.728. The smallest absolute Gasteiger partial charge is 0.276 e. The number of nitrogens with zero attached hydrogens (tertiary/aromatic N) is 3. The van der Waals surface area contributed by atoms with E-state index in [4.69, 9.17) is 27.5 Å². The van der Waals surface area contributed by atoms with E-state index in [1.165, 1.54) is 15.6 Å². The highest BCUT2D eigenvalue weighted by Gasteiger charge is 2.30. The van der Waals surface area contributed by atoms with Crippen molar-refractivity contribution in [2.24, 2.45) is 0 Å². The number of rotatable bonds is 2. The first kappa shape index (κ1) is 17.6. The van der Waals surface area contributed by atoms with Crippen LogP contribution < -0.4 is 15.2 Å². The lowest BCUT2D eigenvalue weighted by Crippen LogP contribution is -2.39. The molecule has 2 aliphatic rings. The summed E-state index contributed by atoms with van der Waals surface area (Å²) in [5.74, 6) is 1.58. The molecule has 1 aromatic heterocycles. The second kappa shape index (κ2) is 6.76. The first-order valence-corrected chi connectivity index (χ1v) is 8.68. The number of benzene rings is 1.